The molecule has 0 aromatic heterocycles. The van der Waals surface area contributed by atoms with E-state index < -0.39 is 0 Å². The van der Waals surface area contributed by atoms with Crippen LogP contribution in [0.15, 0.2) is 0 Å². The van der Waals surface area contributed by atoms with Crippen LogP contribution in [0.1, 0.15) is 46.0 Å². The smallest absolute Gasteiger partial charge is 0.00952 e. The van der Waals surface area contributed by atoms with Crippen LogP contribution < -0.4 is 5.32 Å². The first-order valence-electron chi connectivity index (χ1n) is 7.11. The summed E-state index contributed by atoms with van der Waals surface area (Å²) in [5.74, 6) is 1.76. The van der Waals surface area contributed by atoms with Crippen LogP contribution in [0.4, 0.5) is 0 Å². The quantitative estimate of drug-likeness (QED) is 0.792. The number of hydrogen-bond donors (Lipinski definition) is 1. The standard InChI is InChI=1S/C14H28N2/c1-11-6-4-8-14(11)15-12(2)13-7-5-9-16(3)10-13/h11-15H,4-10H2,1-3H3. The topological polar surface area (TPSA) is 15.3 Å². The molecule has 1 N–H and O–H groups in total. The lowest BCUT2D eigenvalue weighted by Gasteiger charge is -2.35. The van der Waals surface area contributed by atoms with E-state index in [1.54, 1.807) is 0 Å². The van der Waals surface area contributed by atoms with Gasteiger partial charge in [0.2, 0.25) is 0 Å². The van der Waals surface area contributed by atoms with Crippen molar-refractivity contribution in [3.05, 3.63) is 0 Å². The fourth-order valence-corrected chi connectivity index (χ4v) is 3.48. The monoisotopic (exact) mass is 224 g/mol. The molecule has 0 aromatic carbocycles. The molecular formula is C14H28N2. The highest BCUT2D eigenvalue weighted by Gasteiger charge is 2.28. The van der Waals surface area contributed by atoms with Crippen molar-refractivity contribution in [3.63, 3.8) is 0 Å². The number of hydrogen-bond acceptors (Lipinski definition) is 2. The maximum Gasteiger partial charge on any atom is 0.00952 e. The summed E-state index contributed by atoms with van der Waals surface area (Å²) in [6.45, 7) is 7.39. The van der Waals surface area contributed by atoms with Gasteiger partial charge < -0.3 is 10.2 Å². The Morgan fingerprint density at radius 3 is 2.62 bits per heavy atom. The van der Waals surface area contributed by atoms with Crippen molar-refractivity contribution in [3.8, 4) is 0 Å². The van der Waals surface area contributed by atoms with Crippen molar-refractivity contribution >= 4 is 0 Å². The maximum absolute atomic E-state index is 3.89. The van der Waals surface area contributed by atoms with E-state index in [2.05, 4.69) is 31.1 Å². The van der Waals surface area contributed by atoms with Crippen LogP contribution in [0.2, 0.25) is 0 Å². The summed E-state index contributed by atoms with van der Waals surface area (Å²) in [5, 5.41) is 3.89. The highest BCUT2D eigenvalue weighted by molar-refractivity contribution is 4.86. The fourth-order valence-electron chi connectivity index (χ4n) is 3.48. The van der Waals surface area contributed by atoms with Crippen molar-refractivity contribution in [1.29, 1.82) is 0 Å². The van der Waals surface area contributed by atoms with Gasteiger partial charge in [-0.15, -0.1) is 0 Å². The fraction of sp³-hybridized carbons (Fsp3) is 1.00. The Labute approximate surface area is 101 Å². The van der Waals surface area contributed by atoms with E-state index in [0.717, 1.165) is 17.9 Å². The Kier molecular flexibility index (Phi) is 4.26. The van der Waals surface area contributed by atoms with E-state index in [4.69, 9.17) is 0 Å². The molecule has 2 fully saturated rings. The SMILES string of the molecule is CC1CCCC1NC(C)C1CCCN(C)C1. The summed E-state index contributed by atoms with van der Waals surface area (Å²) in [6, 6.07) is 1.50. The predicted octanol–water partition coefficient (Wildman–Crippen LogP) is 2.49. The molecule has 1 heterocycles. The van der Waals surface area contributed by atoms with Gasteiger partial charge in [-0.25, -0.2) is 0 Å². The van der Waals surface area contributed by atoms with Crippen LogP contribution in [0, 0.1) is 11.8 Å². The lowest BCUT2D eigenvalue weighted by molar-refractivity contribution is 0.169. The second-order valence-corrected chi connectivity index (χ2v) is 6.13. The van der Waals surface area contributed by atoms with Gasteiger partial charge in [-0.2, -0.15) is 0 Å². The highest BCUT2D eigenvalue weighted by atomic mass is 15.1. The van der Waals surface area contributed by atoms with E-state index in [1.807, 2.05) is 0 Å². The molecule has 4 unspecified atom stereocenters. The first-order chi connectivity index (χ1) is 7.66. The molecule has 0 radical (unpaired) electrons. The number of piperidine rings is 1. The molecule has 0 aromatic rings. The predicted molar refractivity (Wildman–Crippen MR) is 69.6 cm³/mol. The lowest BCUT2D eigenvalue weighted by Crippen LogP contribution is -2.47. The van der Waals surface area contributed by atoms with Gasteiger partial charge in [-0.05, 0) is 58.0 Å². The minimum atomic E-state index is 0.702. The molecular weight excluding hydrogens is 196 g/mol. The second kappa shape index (κ2) is 5.50. The second-order valence-electron chi connectivity index (χ2n) is 6.13. The summed E-state index contributed by atoms with van der Waals surface area (Å²) in [7, 11) is 2.26. The Morgan fingerprint density at radius 2 is 2.00 bits per heavy atom. The normalized spacial score (nSPS) is 38.8. The molecule has 2 rings (SSSR count). The van der Waals surface area contributed by atoms with Gasteiger partial charge >= 0.3 is 0 Å². The van der Waals surface area contributed by atoms with Crippen molar-refractivity contribution in [2.24, 2.45) is 11.8 Å². The van der Waals surface area contributed by atoms with Gasteiger partial charge in [0, 0.05) is 18.6 Å². The molecule has 16 heavy (non-hydrogen) atoms. The van der Waals surface area contributed by atoms with E-state index in [0.29, 0.717) is 6.04 Å². The maximum atomic E-state index is 3.89. The van der Waals surface area contributed by atoms with E-state index in [-0.39, 0.29) is 0 Å². The van der Waals surface area contributed by atoms with Crippen molar-refractivity contribution in [2.75, 3.05) is 20.1 Å². The van der Waals surface area contributed by atoms with E-state index >= 15 is 0 Å². The van der Waals surface area contributed by atoms with Crippen molar-refractivity contribution in [1.82, 2.24) is 10.2 Å². The minimum Gasteiger partial charge on any atom is -0.311 e. The van der Waals surface area contributed by atoms with Gasteiger partial charge in [0.25, 0.3) is 0 Å². The van der Waals surface area contributed by atoms with Crippen LogP contribution in [0.3, 0.4) is 0 Å². The third kappa shape index (κ3) is 2.98. The van der Waals surface area contributed by atoms with Crippen LogP contribution in [0.5, 0.6) is 0 Å². The van der Waals surface area contributed by atoms with Crippen LogP contribution in [-0.4, -0.2) is 37.1 Å². The van der Waals surface area contributed by atoms with Crippen LogP contribution in [0.25, 0.3) is 0 Å². The molecule has 1 saturated carbocycles. The molecule has 1 aliphatic carbocycles. The number of nitrogens with one attached hydrogen (secondary N) is 1. The summed E-state index contributed by atoms with van der Waals surface area (Å²) < 4.78 is 0. The summed E-state index contributed by atoms with van der Waals surface area (Å²) in [6.07, 6.45) is 7.05. The highest BCUT2D eigenvalue weighted by Crippen LogP contribution is 2.27. The first-order valence-corrected chi connectivity index (χ1v) is 7.11. The first kappa shape index (κ1) is 12.4. The molecule has 0 spiro atoms. The summed E-state index contributed by atoms with van der Waals surface area (Å²) in [5.41, 5.74) is 0. The largest absolute Gasteiger partial charge is 0.311 e. The van der Waals surface area contributed by atoms with Gasteiger partial charge in [0.05, 0.1) is 0 Å². The molecule has 94 valence electrons. The Hall–Kier alpha value is -0.0800. The summed E-state index contributed by atoms with van der Waals surface area (Å²) in [4.78, 5) is 2.49. The lowest BCUT2D eigenvalue weighted by atomic mass is 9.90. The molecule has 2 aliphatic rings. The van der Waals surface area contributed by atoms with Gasteiger partial charge in [-0.1, -0.05) is 13.3 Å². The molecule has 0 bridgehead atoms. The summed E-state index contributed by atoms with van der Waals surface area (Å²) >= 11 is 0. The zero-order valence-corrected chi connectivity index (χ0v) is 11.2. The zero-order chi connectivity index (χ0) is 11.5. The molecule has 2 heteroatoms. The third-order valence-corrected chi connectivity index (χ3v) is 4.71. The average molecular weight is 224 g/mol. The van der Waals surface area contributed by atoms with Gasteiger partial charge in [0.1, 0.15) is 0 Å². The Balaban J connectivity index is 1.80. The number of likely N-dealkylation sites (tertiary alicyclic amines) is 1. The molecule has 1 saturated heterocycles. The molecule has 0 amide bonds. The molecule has 4 atom stereocenters. The van der Waals surface area contributed by atoms with Gasteiger partial charge in [0.15, 0.2) is 0 Å². The van der Waals surface area contributed by atoms with Crippen molar-refractivity contribution in [2.45, 2.75) is 58.0 Å². The van der Waals surface area contributed by atoms with Crippen LogP contribution in [-0.2, 0) is 0 Å². The number of rotatable bonds is 3. The minimum absolute atomic E-state index is 0.702. The van der Waals surface area contributed by atoms with Crippen molar-refractivity contribution < 1.29 is 0 Å². The van der Waals surface area contributed by atoms with Gasteiger partial charge in [-0.3, -0.25) is 0 Å². The Morgan fingerprint density at radius 1 is 1.19 bits per heavy atom. The molecule has 1 aliphatic heterocycles. The van der Waals surface area contributed by atoms with Crippen LogP contribution >= 0.6 is 0 Å². The zero-order valence-electron chi connectivity index (χ0n) is 11.2. The van der Waals surface area contributed by atoms with E-state index in [1.165, 1.54) is 45.2 Å². The Bertz CT molecular complexity index is 217. The third-order valence-electron chi connectivity index (χ3n) is 4.71. The average Bonchev–Trinajstić information content (AvgIpc) is 2.64. The van der Waals surface area contributed by atoms with E-state index in [9.17, 15) is 0 Å². The number of nitrogens with zero attached hydrogens (tertiary/aromatic N) is 1. The molecule has 2 nitrogen and oxygen atoms in total.